The zero-order chi connectivity index (χ0) is 9.84. The minimum absolute atomic E-state index is 0.194. The second kappa shape index (κ2) is 3.87. The zero-order valence-electron chi connectivity index (χ0n) is 7.16. The first kappa shape index (κ1) is 9.48. The average Bonchev–Trinajstić information content (AvgIpc) is 2.16. The number of aliphatic hydroxyl groups is 1. The summed E-state index contributed by atoms with van der Waals surface area (Å²) >= 11 is 0. The molecule has 0 aliphatic carbocycles. The highest BCUT2D eigenvalue weighted by Gasteiger charge is 2.06. The van der Waals surface area contributed by atoms with Crippen LogP contribution in [-0.4, -0.2) is 11.0 Å². The van der Waals surface area contributed by atoms with Gasteiger partial charge in [0.15, 0.2) is 0 Å². The van der Waals surface area contributed by atoms with Gasteiger partial charge in [-0.25, -0.2) is 0 Å². The molecule has 1 rings (SSSR count). The number of benzene rings is 1. The maximum atomic E-state index is 10.9. The lowest BCUT2D eigenvalue weighted by Gasteiger charge is -2.04. The molecule has 1 aromatic carbocycles. The van der Waals surface area contributed by atoms with Gasteiger partial charge in [0.1, 0.15) is 0 Å². The molecule has 3 nitrogen and oxygen atoms in total. The number of hydrogen-bond donors (Lipinski definition) is 2. The van der Waals surface area contributed by atoms with Crippen molar-refractivity contribution in [3.63, 3.8) is 0 Å². The van der Waals surface area contributed by atoms with Crippen LogP contribution in [0.5, 0.6) is 0 Å². The van der Waals surface area contributed by atoms with Gasteiger partial charge in [-0.05, 0) is 23.3 Å². The van der Waals surface area contributed by atoms with Crippen molar-refractivity contribution in [3.05, 3.63) is 41.5 Å². The van der Waals surface area contributed by atoms with Gasteiger partial charge in [0.2, 0.25) is 5.91 Å². The van der Waals surface area contributed by atoms with Crippen molar-refractivity contribution in [3.8, 4) is 0 Å². The largest absolute Gasteiger partial charge is 0.392 e. The fourth-order valence-electron chi connectivity index (χ4n) is 1.11. The molecular formula is C10H11NO2. The third-order valence-corrected chi connectivity index (χ3v) is 1.80. The first-order valence-corrected chi connectivity index (χ1v) is 3.85. The van der Waals surface area contributed by atoms with Crippen molar-refractivity contribution in [2.75, 3.05) is 0 Å². The zero-order valence-corrected chi connectivity index (χ0v) is 7.16. The molecule has 0 radical (unpaired) electrons. The standard InChI is InChI=1S/C10H11NO2/c1-2-7-3-4-9(10(11)13)8(5-7)6-12/h2-5,12H,1,6H2,(H2,11,13). The second-order valence-electron chi connectivity index (χ2n) is 2.64. The Hall–Kier alpha value is -1.61. The van der Waals surface area contributed by atoms with Gasteiger partial charge in [-0.15, -0.1) is 0 Å². The van der Waals surface area contributed by atoms with Crippen molar-refractivity contribution in [1.82, 2.24) is 0 Å². The molecule has 0 saturated carbocycles. The van der Waals surface area contributed by atoms with Gasteiger partial charge in [0, 0.05) is 5.56 Å². The van der Waals surface area contributed by atoms with Crippen molar-refractivity contribution in [1.29, 1.82) is 0 Å². The smallest absolute Gasteiger partial charge is 0.249 e. The van der Waals surface area contributed by atoms with E-state index in [-0.39, 0.29) is 6.61 Å². The summed E-state index contributed by atoms with van der Waals surface area (Å²) in [5.41, 5.74) is 6.85. The number of primary amides is 1. The number of aliphatic hydroxyl groups excluding tert-OH is 1. The van der Waals surface area contributed by atoms with Crippen LogP contribution in [0.4, 0.5) is 0 Å². The molecule has 3 heteroatoms. The van der Waals surface area contributed by atoms with Gasteiger partial charge in [0.05, 0.1) is 6.61 Å². The summed E-state index contributed by atoms with van der Waals surface area (Å²) < 4.78 is 0. The maximum absolute atomic E-state index is 10.9. The minimum atomic E-state index is -0.528. The number of nitrogens with two attached hydrogens (primary N) is 1. The lowest BCUT2D eigenvalue weighted by atomic mass is 10.0. The number of amides is 1. The molecule has 0 saturated heterocycles. The Labute approximate surface area is 76.5 Å². The number of hydrogen-bond acceptors (Lipinski definition) is 2. The SMILES string of the molecule is C=Cc1ccc(C(N)=O)c(CO)c1. The lowest BCUT2D eigenvalue weighted by Crippen LogP contribution is -2.13. The number of carbonyl (C=O) groups is 1. The summed E-state index contributed by atoms with van der Waals surface area (Å²) in [6, 6.07) is 5.00. The molecule has 0 aromatic heterocycles. The second-order valence-corrected chi connectivity index (χ2v) is 2.64. The van der Waals surface area contributed by atoms with E-state index in [9.17, 15) is 4.79 Å². The van der Waals surface area contributed by atoms with E-state index in [1.54, 1.807) is 24.3 Å². The topological polar surface area (TPSA) is 63.3 Å². The van der Waals surface area contributed by atoms with E-state index in [0.717, 1.165) is 5.56 Å². The van der Waals surface area contributed by atoms with E-state index >= 15 is 0 Å². The third-order valence-electron chi connectivity index (χ3n) is 1.80. The van der Waals surface area contributed by atoms with E-state index < -0.39 is 5.91 Å². The quantitative estimate of drug-likeness (QED) is 0.721. The van der Waals surface area contributed by atoms with Gasteiger partial charge in [-0.3, -0.25) is 4.79 Å². The van der Waals surface area contributed by atoms with Crippen molar-refractivity contribution in [2.45, 2.75) is 6.61 Å². The monoisotopic (exact) mass is 177 g/mol. The van der Waals surface area contributed by atoms with Crippen molar-refractivity contribution in [2.24, 2.45) is 5.73 Å². The van der Waals surface area contributed by atoms with E-state index in [1.165, 1.54) is 0 Å². The molecule has 0 fully saturated rings. The Morgan fingerprint density at radius 1 is 1.62 bits per heavy atom. The maximum Gasteiger partial charge on any atom is 0.249 e. The van der Waals surface area contributed by atoms with Crippen LogP contribution in [-0.2, 0) is 6.61 Å². The van der Waals surface area contributed by atoms with Crippen LogP contribution in [0.15, 0.2) is 24.8 Å². The molecule has 0 atom stereocenters. The molecule has 0 bridgehead atoms. The molecule has 1 amide bonds. The lowest BCUT2D eigenvalue weighted by molar-refractivity contribution is 0.0997. The van der Waals surface area contributed by atoms with Crippen LogP contribution >= 0.6 is 0 Å². The fourth-order valence-corrected chi connectivity index (χ4v) is 1.11. The molecule has 0 aliphatic rings. The van der Waals surface area contributed by atoms with Crippen LogP contribution in [0.1, 0.15) is 21.5 Å². The van der Waals surface area contributed by atoms with Gasteiger partial charge in [-0.1, -0.05) is 18.7 Å². The Kier molecular flexibility index (Phi) is 2.82. The number of carbonyl (C=O) groups excluding carboxylic acids is 1. The van der Waals surface area contributed by atoms with Crippen LogP contribution < -0.4 is 5.73 Å². The first-order chi connectivity index (χ1) is 6.19. The highest BCUT2D eigenvalue weighted by Crippen LogP contribution is 2.12. The highest BCUT2D eigenvalue weighted by atomic mass is 16.3. The average molecular weight is 177 g/mol. The summed E-state index contributed by atoms with van der Waals surface area (Å²) in [5, 5.41) is 8.95. The molecule has 68 valence electrons. The molecule has 1 aromatic rings. The Bertz CT molecular complexity index is 345. The van der Waals surface area contributed by atoms with Crippen LogP contribution in [0.2, 0.25) is 0 Å². The molecule has 0 heterocycles. The number of rotatable bonds is 3. The van der Waals surface area contributed by atoms with Gasteiger partial charge in [0.25, 0.3) is 0 Å². The first-order valence-electron chi connectivity index (χ1n) is 3.85. The highest BCUT2D eigenvalue weighted by molar-refractivity contribution is 5.94. The molecular weight excluding hydrogens is 166 g/mol. The fraction of sp³-hybridized carbons (Fsp3) is 0.100. The van der Waals surface area contributed by atoms with Crippen molar-refractivity contribution < 1.29 is 9.90 Å². The van der Waals surface area contributed by atoms with Crippen LogP contribution in [0.25, 0.3) is 6.08 Å². The van der Waals surface area contributed by atoms with E-state index in [0.29, 0.717) is 11.1 Å². The predicted octanol–water partition coefficient (Wildman–Crippen LogP) is 0.921. The molecule has 0 spiro atoms. The molecule has 0 aliphatic heterocycles. The minimum Gasteiger partial charge on any atom is -0.392 e. The summed E-state index contributed by atoms with van der Waals surface area (Å²) in [7, 11) is 0. The van der Waals surface area contributed by atoms with Gasteiger partial charge in [-0.2, -0.15) is 0 Å². The molecule has 3 N–H and O–H groups in total. The van der Waals surface area contributed by atoms with Gasteiger partial charge < -0.3 is 10.8 Å². The molecule has 13 heavy (non-hydrogen) atoms. The summed E-state index contributed by atoms with van der Waals surface area (Å²) in [6.45, 7) is 3.39. The Morgan fingerprint density at radius 2 is 2.31 bits per heavy atom. The summed E-state index contributed by atoms with van der Waals surface area (Å²) in [5.74, 6) is -0.528. The van der Waals surface area contributed by atoms with E-state index in [4.69, 9.17) is 10.8 Å². The van der Waals surface area contributed by atoms with Gasteiger partial charge >= 0.3 is 0 Å². The van der Waals surface area contributed by atoms with E-state index in [1.807, 2.05) is 0 Å². The Balaban J connectivity index is 3.23. The van der Waals surface area contributed by atoms with Crippen LogP contribution in [0, 0.1) is 0 Å². The normalized spacial score (nSPS) is 9.62. The predicted molar refractivity (Wildman–Crippen MR) is 51.0 cm³/mol. The third kappa shape index (κ3) is 1.95. The summed E-state index contributed by atoms with van der Waals surface area (Å²) in [6.07, 6.45) is 1.64. The van der Waals surface area contributed by atoms with Crippen LogP contribution in [0.3, 0.4) is 0 Å². The molecule has 0 unspecified atom stereocenters. The van der Waals surface area contributed by atoms with E-state index in [2.05, 4.69) is 6.58 Å². The Morgan fingerprint density at radius 3 is 2.77 bits per heavy atom. The summed E-state index contributed by atoms with van der Waals surface area (Å²) in [4.78, 5) is 10.9. The van der Waals surface area contributed by atoms with Crippen molar-refractivity contribution >= 4 is 12.0 Å².